The highest BCUT2D eigenvalue weighted by atomic mass is 32.2. The minimum Gasteiger partial charge on any atom is -0.467 e. The molecular formula is C26H33N3O5S. The Morgan fingerprint density at radius 3 is 2.20 bits per heavy atom. The summed E-state index contributed by atoms with van der Waals surface area (Å²) in [6.07, 6.45) is 1.92. The second-order valence-corrected chi connectivity index (χ2v) is 10.5. The molecule has 8 nitrogen and oxygen atoms in total. The zero-order chi connectivity index (χ0) is 25.9. The SMILES string of the molecule is COC(=O)[C@@H](Cc1c[nH]c2ccccc12)NC(=O)CCNS(=O)(=O)c1c(C)c(C)c(C)c(C)c1C. The largest absolute Gasteiger partial charge is 0.467 e. The molecule has 0 aliphatic rings. The number of aromatic nitrogens is 1. The van der Waals surface area contributed by atoms with Gasteiger partial charge in [-0.1, -0.05) is 18.2 Å². The van der Waals surface area contributed by atoms with Crippen LogP contribution in [0.4, 0.5) is 0 Å². The summed E-state index contributed by atoms with van der Waals surface area (Å²) in [7, 11) is -2.55. The van der Waals surface area contributed by atoms with Crippen molar-refractivity contribution in [2.24, 2.45) is 0 Å². The van der Waals surface area contributed by atoms with E-state index in [0.29, 0.717) is 11.1 Å². The number of nitrogens with one attached hydrogen (secondary N) is 3. The van der Waals surface area contributed by atoms with Gasteiger partial charge in [-0.05, 0) is 74.1 Å². The van der Waals surface area contributed by atoms with Crippen LogP contribution >= 0.6 is 0 Å². The summed E-state index contributed by atoms with van der Waals surface area (Å²) in [5, 5.41) is 3.64. The zero-order valence-electron chi connectivity index (χ0n) is 21.0. The topological polar surface area (TPSA) is 117 Å². The standard InChI is InChI=1S/C26H33N3O5S/c1-15-16(2)18(4)25(19(5)17(15)3)35(32,33)28-12-11-24(30)29-23(26(31)34-6)13-20-14-27-22-10-8-7-9-21(20)22/h7-10,14,23,27-28H,11-13H2,1-6H3,(H,29,30)/t23-/m1/s1. The van der Waals surface area contributed by atoms with Gasteiger partial charge in [0.2, 0.25) is 15.9 Å². The number of carbonyl (C=O) groups is 2. The number of ether oxygens (including phenoxy) is 1. The Morgan fingerprint density at radius 1 is 0.971 bits per heavy atom. The van der Waals surface area contributed by atoms with Gasteiger partial charge < -0.3 is 15.0 Å². The number of hydrogen-bond donors (Lipinski definition) is 3. The van der Waals surface area contributed by atoms with E-state index in [-0.39, 0.29) is 24.3 Å². The smallest absolute Gasteiger partial charge is 0.328 e. The summed E-state index contributed by atoms with van der Waals surface area (Å²) in [5.74, 6) is -1.02. The second kappa shape index (κ2) is 10.6. The maximum absolute atomic E-state index is 13.1. The number of para-hydroxylation sites is 1. The molecule has 0 saturated heterocycles. The van der Waals surface area contributed by atoms with Crippen LogP contribution in [0.1, 0.15) is 39.8 Å². The van der Waals surface area contributed by atoms with Crippen LogP contribution in [0.15, 0.2) is 35.4 Å². The third kappa shape index (κ3) is 5.57. The first-order valence-electron chi connectivity index (χ1n) is 11.5. The molecule has 9 heteroatoms. The molecule has 1 aromatic heterocycles. The van der Waals surface area contributed by atoms with Gasteiger partial charge in [0.05, 0.1) is 12.0 Å². The van der Waals surface area contributed by atoms with Crippen molar-refractivity contribution in [2.45, 2.75) is 58.4 Å². The lowest BCUT2D eigenvalue weighted by molar-refractivity contribution is -0.145. The van der Waals surface area contributed by atoms with Gasteiger partial charge >= 0.3 is 5.97 Å². The van der Waals surface area contributed by atoms with Crippen LogP contribution in [0.2, 0.25) is 0 Å². The van der Waals surface area contributed by atoms with Crippen LogP contribution in [-0.2, 0) is 30.8 Å². The van der Waals surface area contributed by atoms with Crippen LogP contribution < -0.4 is 10.0 Å². The first kappa shape index (κ1) is 26.4. The van der Waals surface area contributed by atoms with E-state index in [9.17, 15) is 18.0 Å². The van der Waals surface area contributed by atoms with Gasteiger partial charge in [0.25, 0.3) is 0 Å². The molecule has 1 heterocycles. The van der Waals surface area contributed by atoms with Crippen molar-refractivity contribution in [3.63, 3.8) is 0 Å². The van der Waals surface area contributed by atoms with E-state index >= 15 is 0 Å². The number of methoxy groups -OCH3 is 1. The normalized spacial score (nSPS) is 12.5. The fourth-order valence-corrected chi connectivity index (χ4v) is 5.99. The minimum atomic E-state index is -3.82. The lowest BCUT2D eigenvalue weighted by atomic mass is 9.95. The number of carbonyl (C=O) groups excluding carboxylic acids is 2. The number of aromatic amines is 1. The Morgan fingerprint density at radius 2 is 1.57 bits per heavy atom. The van der Waals surface area contributed by atoms with Crippen molar-refractivity contribution < 1.29 is 22.7 Å². The Balaban J connectivity index is 1.68. The molecule has 3 rings (SSSR count). The van der Waals surface area contributed by atoms with Crippen molar-refractivity contribution in [1.82, 2.24) is 15.0 Å². The third-order valence-electron chi connectivity index (χ3n) is 6.76. The highest BCUT2D eigenvalue weighted by molar-refractivity contribution is 7.89. The van der Waals surface area contributed by atoms with E-state index in [2.05, 4.69) is 15.0 Å². The van der Waals surface area contributed by atoms with Gasteiger partial charge in [-0.3, -0.25) is 4.79 Å². The van der Waals surface area contributed by atoms with Crippen LogP contribution in [0, 0.1) is 34.6 Å². The number of rotatable bonds is 9. The number of benzene rings is 2. The first-order valence-corrected chi connectivity index (χ1v) is 12.9. The molecule has 1 atom stereocenters. The average Bonchev–Trinajstić information content (AvgIpc) is 3.23. The summed E-state index contributed by atoms with van der Waals surface area (Å²) in [6, 6.07) is 6.78. The molecule has 0 fully saturated rings. The number of H-pyrrole nitrogens is 1. The van der Waals surface area contributed by atoms with Crippen molar-refractivity contribution in [2.75, 3.05) is 13.7 Å². The molecule has 0 bridgehead atoms. The van der Waals surface area contributed by atoms with E-state index in [1.165, 1.54) is 7.11 Å². The summed E-state index contributed by atoms with van der Waals surface area (Å²) >= 11 is 0. The second-order valence-electron chi connectivity index (χ2n) is 8.81. The van der Waals surface area contributed by atoms with Gasteiger partial charge in [0.15, 0.2) is 0 Å². The Hall–Kier alpha value is -3.17. The number of hydrogen-bond acceptors (Lipinski definition) is 5. The Labute approximate surface area is 206 Å². The fraction of sp³-hybridized carbons (Fsp3) is 0.385. The summed E-state index contributed by atoms with van der Waals surface area (Å²) in [5.41, 5.74) is 6.14. The molecular weight excluding hydrogens is 466 g/mol. The molecule has 0 radical (unpaired) electrons. The minimum absolute atomic E-state index is 0.0972. The summed E-state index contributed by atoms with van der Waals surface area (Å²) < 4.78 is 33.5. The van der Waals surface area contributed by atoms with E-state index in [1.54, 1.807) is 20.0 Å². The quantitative estimate of drug-likeness (QED) is 0.391. The predicted molar refractivity (Wildman–Crippen MR) is 136 cm³/mol. The Kier molecular flexibility index (Phi) is 8.02. The van der Waals surface area contributed by atoms with E-state index in [4.69, 9.17) is 4.74 Å². The first-order chi connectivity index (χ1) is 16.5. The van der Waals surface area contributed by atoms with Gasteiger partial charge in [0, 0.05) is 36.5 Å². The van der Waals surface area contributed by atoms with Crippen molar-refractivity contribution in [3.8, 4) is 0 Å². The molecule has 3 aromatic rings. The predicted octanol–water partition coefficient (Wildman–Crippen LogP) is 3.28. The van der Waals surface area contributed by atoms with Gasteiger partial charge in [-0.15, -0.1) is 0 Å². The van der Waals surface area contributed by atoms with Crippen molar-refractivity contribution in [1.29, 1.82) is 0 Å². The fourth-order valence-electron chi connectivity index (χ4n) is 4.36. The maximum atomic E-state index is 13.1. The highest BCUT2D eigenvalue weighted by Crippen LogP contribution is 2.29. The van der Waals surface area contributed by atoms with Crippen LogP contribution in [0.3, 0.4) is 0 Å². The highest BCUT2D eigenvalue weighted by Gasteiger charge is 2.25. The van der Waals surface area contributed by atoms with Gasteiger partial charge in [-0.25, -0.2) is 17.9 Å². The number of esters is 1. The molecule has 188 valence electrons. The van der Waals surface area contributed by atoms with Crippen LogP contribution in [0.25, 0.3) is 10.9 Å². The van der Waals surface area contributed by atoms with Gasteiger partial charge in [-0.2, -0.15) is 0 Å². The monoisotopic (exact) mass is 499 g/mol. The summed E-state index contributed by atoms with van der Waals surface area (Å²) in [6.45, 7) is 9.28. The third-order valence-corrected chi connectivity index (χ3v) is 8.50. The molecule has 2 aromatic carbocycles. The van der Waals surface area contributed by atoms with Crippen LogP contribution in [0.5, 0.6) is 0 Å². The lowest BCUT2D eigenvalue weighted by Gasteiger charge is -2.19. The van der Waals surface area contributed by atoms with Crippen LogP contribution in [-0.4, -0.2) is 45.0 Å². The maximum Gasteiger partial charge on any atom is 0.328 e. The molecule has 0 aliphatic carbocycles. The molecule has 0 spiro atoms. The summed E-state index contributed by atoms with van der Waals surface area (Å²) in [4.78, 5) is 28.4. The van der Waals surface area contributed by atoms with E-state index in [1.807, 2.05) is 45.0 Å². The lowest BCUT2D eigenvalue weighted by Crippen LogP contribution is -2.44. The Bertz CT molecular complexity index is 1350. The zero-order valence-corrected chi connectivity index (χ0v) is 21.9. The van der Waals surface area contributed by atoms with Crippen molar-refractivity contribution >= 4 is 32.8 Å². The number of fused-ring (bicyclic) bond motifs is 1. The van der Waals surface area contributed by atoms with Crippen molar-refractivity contribution in [3.05, 3.63) is 63.8 Å². The van der Waals surface area contributed by atoms with E-state index in [0.717, 1.165) is 33.2 Å². The molecule has 0 aliphatic heterocycles. The molecule has 0 unspecified atom stereocenters. The number of sulfonamides is 1. The molecule has 35 heavy (non-hydrogen) atoms. The molecule has 3 N–H and O–H groups in total. The van der Waals surface area contributed by atoms with E-state index < -0.39 is 27.9 Å². The molecule has 1 amide bonds. The average molecular weight is 500 g/mol. The number of amides is 1. The molecule has 0 saturated carbocycles. The van der Waals surface area contributed by atoms with Gasteiger partial charge in [0.1, 0.15) is 6.04 Å².